The molecular formula is C18H28O5. The molecule has 1 saturated carbocycles. The zero-order valence-electron chi connectivity index (χ0n) is 14.5. The van der Waals surface area contributed by atoms with Gasteiger partial charge in [0, 0.05) is 20.1 Å². The average molecular weight is 324 g/mol. The van der Waals surface area contributed by atoms with Gasteiger partial charge in [-0.25, -0.2) is 0 Å². The number of carbonyl (C=O) groups is 2. The Labute approximate surface area is 138 Å². The summed E-state index contributed by atoms with van der Waals surface area (Å²) in [6, 6.07) is 0. The minimum absolute atomic E-state index is 0.00817. The topological polar surface area (TPSA) is 61.8 Å². The van der Waals surface area contributed by atoms with Gasteiger partial charge in [-0.3, -0.25) is 9.59 Å². The lowest BCUT2D eigenvalue weighted by Crippen LogP contribution is -2.46. The molecule has 2 heterocycles. The van der Waals surface area contributed by atoms with Crippen LogP contribution in [0, 0.1) is 35.5 Å². The summed E-state index contributed by atoms with van der Waals surface area (Å²) in [5.74, 6) is 0.808. The van der Waals surface area contributed by atoms with Crippen LogP contribution in [0.1, 0.15) is 33.1 Å². The number of esters is 1. The molecule has 3 fully saturated rings. The molecule has 3 rings (SSSR count). The van der Waals surface area contributed by atoms with E-state index in [4.69, 9.17) is 14.2 Å². The van der Waals surface area contributed by atoms with Gasteiger partial charge < -0.3 is 14.2 Å². The summed E-state index contributed by atoms with van der Waals surface area (Å²) in [6.45, 7) is 5.17. The van der Waals surface area contributed by atoms with Crippen LogP contribution in [0.4, 0.5) is 0 Å². The Balaban J connectivity index is 1.95. The SMILES string of the molecule is COC[C@H]1CC[C@H](C(C)C)[C@@H]2[C@H]1[C@H]1CC(=O)C(C(=O)OC)[C@@H]2O1. The predicted molar refractivity (Wildman–Crippen MR) is 83.7 cm³/mol. The highest BCUT2D eigenvalue weighted by molar-refractivity contribution is 6.00. The molecule has 0 spiro atoms. The van der Waals surface area contributed by atoms with Crippen molar-refractivity contribution in [1.29, 1.82) is 0 Å². The summed E-state index contributed by atoms with van der Waals surface area (Å²) in [7, 11) is 3.08. The van der Waals surface area contributed by atoms with E-state index in [-0.39, 0.29) is 23.9 Å². The molecule has 7 atom stereocenters. The third-order valence-corrected chi connectivity index (χ3v) is 6.26. The van der Waals surface area contributed by atoms with Crippen molar-refractivity contribution in [1.82, 2.24) is 0 Å². The van der Waals surface area contributed by atoms with Crippen LogP contribution < -0.4 is 0 Å². The van der Waals surface area contributed by atoms with E-state index >= 15 is 0 Å². The van der Waals surface area contributed by atoms with Crippen LogP contribution in [0.25, 0.3) is 0 Å². The van der Waals surface area contributed by atoms with E-state index in [9.17, 15) is 9.59 Å². The van der Waals surface area contributed by atoms with Crippen LogP contribution in [0.5, 0.6) is 0 Å². The van der Waals surface area contributed by atoms with Crippen molar-refractivity contribution in [3.05, 3.63) is 0 Å². The summed E-state index contributed by atoms with van der Waals surface area (Å²) >= 11 is 0. The molecule has 0 aromatic rings. The van der Waals surface area contributed by atoms with Gasteiger partial charge in [0.2, 0.25) is 0 Å². The number of ketones is 1. The number of rotatable bonds is 4. The summed E-state index contributed by atoms with van der Waals surface area (Å²) in [4.78, 5) is 24.7. The van der Waals surface area contributed by atoms with Crippen molar-refractivity contribution in [3.8, 4) is 0 Å². The van der Waals surface area contributed by atoms with Crippen molar-refractivity contribution in [2.75, 3.05) is 20.8 Å². The van der Waals surface area contributed by atoms with Crippen LogP contribution in [0.3, 0.4) is 0 Å². The van der Waals surface area contributed by atoms with Crippen LogP contribution in [-0.2, 0) is 23.8 Å². The van der Waals surface area contributed by atoms with E-state index in [0.29, 0.717) is 36.7 Å². The van der Waals surface area contributed by atoms with Crippen LogP contribution in [0.2, 0.25) is 0 Å². The summed E-state index contributed by atoms with van der Waals surface area (Å²) < 4.78 is 16.5. The highest BCUT2D eigenvalue weighted by atomic mass is 16.5. The molecule has 5 heteroatoms. The Kier molecular flexibility index (Phi) is 4.79. The standard InChI is InChI=1S/C18H28O5/c1-9(2)11-6-5-10(8-21-3)14-13-7-12(19)16(18(20)22-4)17(23-13)15(11)14/h9-11,13-17H,5-8H2,1-4H3/t10-,11-,13-,14-,15-,16?,17-/m1/s1. The molecule has 2 bridgehead atoms. The van der Waals surface area contributed by atoms with Crippen molar-refractivity contribution in [3.63, 3.8) is 0 Å². The largest absolute Gasteiger partial charge is 0.468 e. The van der Waals surface area contributed by atoms with Gasteiger partial charge in [-0.2, -0.15) is 0 Å². The Hall–Kier alpha value is -0.940. The highest BCUT2D eigenvalue weighted by Crippen LogP contribution is 2.55. The fourth-order valence-corrected chi connectivity index (χ4v) is 5.36. The predicted octanol–water partition coefficient (Wildman–Crippen LogP) is 2.08. The highest BCUT2D eigenvalue weighted by Gasteiger charge is 2.61. The zero-order valence-corrected chi connectivity index (χ0v) is 14.5. The molecule has 2 saturated heterocycles. The van der Waals surface area contributed by atoms with Gasteiger partial charge in [-0.05, 0) is 42.4 Å². The van der Waals surface area contributed by atoms with Crippen molar-refractivity contribution >= 4 is 11.8 Å². The summed E-state index contributed by atoms with van der Waals surface area (Å²) in [5.41, 5.74) is 0. The van der Waals surface area contributed by atoms with E-state index in [0.717, 1.165) is 12.8 Å². The first-order chi connectivity index (χ1) is 11.0. The molecule has 0 aromatic heterocycles. The molecule has 0 radical (unpaired) electrons. The lowest BCUT2D eigenvalue weighted by molar-refractivity contribution is -0.163. The van der Waals surface area contributed by atoms with Crippen LogP contribution >= 0.6 is 0 Å². The summed E-state index contributed by atoms with van der Waals surface area (Å²) in [5, 5.41) is 0. The number of Topliss-reactive ketones (excluding diaryl/α,β-unsaturated/α-hetero) is 1. The molecule has 0 N–H and O–H groups in total. The van der Waals surface area contributed by atoms with Crippen molar-refractivity contribution < 1.29 is 23.8 Å². The first kappa shape index (κ1) is 16.9. The first-order valence-corrected chi connectivity index (χ1v) is 8.74. The molecule has 2 aliphatic heterocycles. The van der Waals surface area contributed by atoms with E-state index in [1.807, 2.05) is 0 Å². The van der Waals surface area contributed by atoms with Gasteiger partial charge in [0.05, 0.1) is 19.3 Å². The van der Waals surface area contributed by atoms with E-state index in [1.165, 1.54) is 7.11 Å². The van der Waals surface area contributed by atoms with Gasteiger partial charge in [0.1, 0.15) is 5.92 Å². The minimum Gasteiger partial charge on any atom is -0.468 e. The molecule has 0 aromatic carbocycles. The fourth-order valence-electron chi connectivity index (χ4n) is 5.36. The molecule has 3 aliphatic rings. The Morgan fingerprint density at radius 2 is 2.00 bits per heavy atom. The second-order valence-electron chi connectivity index (χ2n) is 7.67. The molecule has 0 amide bonds. The molecule has 23 heavy (non-hydrogen) atoms. The van der Waals surface area contributed by atoms with Crippen LogP contribution in [-0.4, -0.2) is 44.8 Å². The van der Waals surface area contributed by atoms with E-state index in [2.05, 4.69) is 13.8 Å². The summed E-state index contributed by atoms with van der Waals surface area (Å²) in [6.07, 6.45) is 2.19. The number of methoxy groups -OCH3 is 2. The van der Waals surface area contributed by atoms with E-state index in [1.54, 1.807) is 7.11 Å². The Morgan fingerprint density at radius 1 is 1.26 bits per heavy atom. The second-order valence-corrected chi connectivity index (χ2v) is 7.67. The van der Waals surface area contributed by atoms with Gasteiger partial charge in [-0.1, -0.05) is 13.8 Å². The van der Waals surface area contributed by atoms with E-state index < -0.39 is 11.9 Å². The number of fused-ring (bicyclic) bond motifs is 5. The van der Waals surface area contributed by atoms with Gasteiger partial charge in [-0.15, -0.1) is 0 Å². The fraction of sp³-hybridized carbons (Fsp3) is 0.889. The van der Waals surface area contributed by atoms with Gasteiger partial charge in [0.15, 0.2) is 5.78 Å². The monoisotopic (exact) mass is 324 g/mol. The average Bonchev–Trinajstić information content (AvgIpc) is 2.82. The third kappa shape index (κ3) is 2.72. The molecular weight excluding hydrogens is 296 g/mol. The molecule has 5 nitrogen and oxygen atoms in total. The number of hydrogen-bond acceptors (Lipinski definition) is 5. The normalized spacial score (nSPS) is 42.7. The maximum absolute atomic E-state index is 12.5. The number of carbonyl (C=O) groups excluding carboxylic acids is 2. The quantitative estimate of drug-likeness (QED) is 0.585. The van der Waals surface area contributed by atoms with Gasteiger partial charge >= 0.3 is 5.97 Å². The maximum atomic E-state index is 12.5. The molecule has 130 valence electrons. The maximum Gasteiger partial charge on any atom is 0.318 e. The lowest BCUT2D eigenvalue weighted by Gasteiger charge is -2.42. The lowest BCUT2D eigenvalue weighted by atomic mass is 9.61. The van der Waals surface area contributed by atoms with Crippen molar-refractivity contribution in [2.24, 2.45) is 35.5 Å². The number of ether oxygens (including phenoxy) is 3. The first-order valence-electron chi connectivity index (χ1n) is 8.74. The third-order valence-electron chi connectivity index (χ3n) is 6.26. The Bertz CT molecular complexity index is 474. The minimum atomic E-state index is -0.742. The van der Waals surface area contributed by atoms with Crippen LogP contribution in [0.15, 0.2) is 0 Å². The number of hydrogen-bond donors (Lipinski definition) is 0. The Morgan fingerprint density at radius 3 is 2.61 bits per heavy atom. The van der Waals surface area contributed by atoms with Crippen molar-refractivity contribution in [2.45, 2.75) is 45.3 Å². The smallest absolute Gasteiger partial charge is 0.318 e. The van der Waals surface area contributed by atoms with Gasteiger partial charge in [0.25, 0.3) is 0 Å². The zero-order chi connectivity index (χ0) is 16.7. The molecule has 1 unspecified atom stereocenters. The molecule has 1 aliphatic carbocycles. The second kappa shape index (κ2) is 6.52.